The molecule has 4 amide bonds. The molecule has 0 heterocycles. The lowest BCUT2D eigenvalue weighted by atomic mass is 9.96. The van der Waals surface area contributed by atoms with Gasteiger partial charge in [0.1, 0.15) is 12.1 Å². The highest BCUT2D eigenvalue weighted by molar-refractivity contribution is 5.93. The zero-order chi connectivity index (χ0) is 24.4. The molecule has 2 aromatic carbocycles. The van der Waals surface area contributed by atoms with Crippen LogP contribution in [0.25, 0.3) is 10.8 Å². The van der Waals surface area contributed by atoms with E-state index in [1.165, 1.54) is 12.4 Å². The molecular weight excluding hydrogens is 426 g/mol. The van der Waals surface area contributed by atoms with Gasteiger partial charge >= 0.3 is 0 Å². The number of hydrogen-bond acceptors (Lipinski definition) is 6. The summed E-state index contributed by atoms with van der Waals surface area (Å²) in [7, 11) is 0. The van der Waals surface area contributed by atoms with E-state index in [9.17, 15) is 19.2 Å². The van der Waals surface area contributed by atoms with Crippen molar-refractivity contribution < 1.29 is 24.4 Å². The van der Waals surface area contributed by atoms with Crippen molar-refractivity contribution in [2.45, 2.75) is 51.6 Å². The number of nitrogens with one attached hydrogen (secondary N) is 4. The van der Waals surface area contributed by atoms with Gasteiger partial charge in [-0.05, 0) is 29.7 Å². The summed E-state index contributed by atoms with van der Waals surface area (Å²) in [5, 5.41) is 16.1. The summed E-state index contributed by atoms with van der Waals surface area (Å²) < 4.78 is 0. The van der Waals surface area contributed by atoms with Gasteiger partial charge < -0.3 is 10.6 Å². The predicted molar refractivity (Wildman–Crippen MR) is 122 cm³/mol. The van der Waals surface area contributed by atoms with E-state index in [2.05, 4.69) is 10.6 Å². The second kappa shape index (κ2) is 12.5. The molecule has 0 saturated heterocycles. The van der Waals surface area contributed by atoms with Crippen LogP contribution in [-0.4, -0.2) is 40.9 Å². The van der Waals surface area contributed by atoms with E-state index < -0.39 is 41.6 Å². The number of hydrazine groups is 1. The molecule has 0 aromatic heterocycles. The molecule has 0 aliphatic rings. The number of nitrogens with two attached hydrogens (primary N) is 1. The van der Waals surface area contributed by atoms with Crippen molar-refractivity contribution in [3.05, 3.63) is 48.0 Å². The summed E-state index contributed by atoms with van der Waals surface area (Å²) in [5.41, 5.74) is 4.32. The topological polar surface area (TPSA) is 163 Å². The predicted octanol–water partition coefficient (Wildman–Crippen LogP) is 0.674. The standard InChI is InChI=1S/C23H31N5O5/c1-3-6-18(13-20(29)28-33)22(31)26-19(23(32)25-14(2)21(30)27-24)12-15-9-10-16-7-4-5-8-17(16)11-15/h4-5,7-11,14,18-19,33H,3,6,12-13,24H2,1-2H3,(H,25,32)(H,26,31)(H,27,30)(H,28,29)/t14-,18?,19-/m0/s1. The Bertz CT molecular complexity index is 996. The van der Waals surface area contributed by atoms with Crippen LogP contribution >= 0.6 is 0 Å². The molecule has 0 saturated carbocycles. The lowest BCUT2D eigenvalue weighted by molar-refractivity contribution is -0.136. The number of hydrogen-bond donors (Lipinski definition) is 6. The zero-order valence-corrected chi connectivity index (χ0v) is 18.8. The molecule has 0 bridgehead atoms. The Hall–Kier alpha value is -3.50. The fourth-order valence-electron chi connectivity index (χ4n) is 3.55. The molecule has 3 atom stereocenters. The summed E-state index contributed by atoms with van der Waals surface area (Å²) in [6.07, 6.45) is 0.985. The molecule has 2 rings (SSSR count). The normalized spacial score (nSPS) is 13.5. The first-order valence-electron chi connectivity index (χ1n) is 10.8. The lowest BCUT2D eigenvalue weighted by Crippen LogP contribution is -2.55. The van der Waals surface area contributed by atoms with Crippen molar-refractivity contribution in [3.8, 4) is 0 Å². The van der Waals surface area contributed by atoms with Crippen molar-refractivity contribution >= 4 is 34.4 Å². The highest BCUT2D eigenvalue weighted by Gasteiger charge is 2.28. The molecule has 178 valence electrons. The van der Waals surface area contributed by atoms with Gasteiger partial charge in [-0.1, -0.05) is 55.8 Å². The number of fused-ring (bicyclic) bond motifs is 1. The van der Waals surface area contributed by atoms with Gasteiger partial charge in [0.25, 0.3) is 5.91 Å². The van der Waals surface area contributed by atoms with Crippen LogP contribution in [0.5, 0.6) is 0 Å². The van der Waals surface area contributed by atoms with E-state index in [0.29, 0.717) is 12.8 Å². The van der Waals surface area contributed by atoms with Gasteiger partial charge in [0, 0.05) is 18.8 Å². The van der Waals surface area contributed by atoms with Gasteiger partial charge in [0.05, 0.1) is 0 Å². The fourth-order valence-corrected chi connectivity index (χ4v) is 3.55. The lowest BCUT2D eigenvalue weighted by Gasteiger charge is -2.23. The second-order valence-electron chi connectivity index (χ2n) is 7.91. The van der Waals surface area contributed by atoms with Crippen molar-refractivity contribution in [1.29, 1.82) is 0 Å². The van der Waals surface area contributed by atoms with Crippen LogP contribution in [0.2, 0.25) is 0 Å². The molecular formula is C23H31N5O5. The first-order valence-corrected chi connectivity index (χ1v) is 10.8. The minimum Gasteiger partial charge on any atom is -0.344 e. The number of carbonyl (C=O) groups excluding carboxylic acids is 4. The fraction of sp³-hybridized carbons (Fsp3) is 0.391. The Morgan fingerprint density at radius 2 is 1.67 bits per heavy atom. The highest BCUT2D eigenvalue weighted by Crippen LogP contribution is 2.18. The molecule has 0 aliphatic heterocycles. The molecule has 0 fully saturated rings. The SMILES string of the molecule is CCCC(CC(=O)NO)C(=O)N[C@@H](Cc1ccc2ccccc2c1)C(=O)N[C@@H](C)C(=O)NN. The molecule has 10 nitrogen and oxygen atoms in total. The van der Waals surface area contributed by atoms with E-state index in [1.807, 2.05) is 54.8 Å². The van der Waals surface area contributed by atoms with Crippen LogP contribution in [0.15, 0.2) is 42.5 Å². The molecule has 10 heteroatoms. The van der Waals surface area contributed by atoms with Crippen molar-refractivity contribution in [2.24, 2.45) is 11.8 Å². The molecule has 33 heavy (non-hydrogen) atoms. The quantitative estimate of drug-likeness (QED) is 0.126. The average molecular weight is 458 g/mol. The average Bonchev–Trinajstić information content (AvgIpc) is 2.82. The van der Waals surface area contributed by atoms with Gasteiger partial charge in [-0.15, -0.1) is 0 Å². The molecule has 1 unspecified atom stereocenters. The molecule has 0 aliphatic carbocycles. The maximum absolute atomic E-state index is 13.0. The third-order valence-corrected chi connectivity index (χ3v) is 5.35. The highest BCUT2D eigenvalue weighted by atomic mass is 16.5. The van der Waals surface area contributed by atoms with E-state index in [4.69, 9.17) is 11.0 Å². The molecule has 7 N–H and O–H groups in total. The Morgan fingerprint density at radius 3 is 2.30 bits per heavy atom. The van der Waals surface area contributed by atoms with Crippen LogP contribution in [0.4, 0.5) is 0 Å². The van der Waals surface area contributed by atoms with Crippen molar-refractivity contribution in [2.75, 3.05) is 0 Å². The van der Waals surface area contributed by atoms with Crippen LogP contribution in [0.1, 0.15) is 38.7 Å². The summed E-state index contributed by atoms with van der Waals surface area (Å²) in [4.78, 5) is 49.2. The number of hydroxylamine groups is 1. The molecule has 0 spiro atoms. The van der Waals surface area contributed by atoms with Gasteiger partial charge in [-0.3, -0.25) is 29.8 Å². The second-order valence-corrected chi connectivity index (χ2v) is 7.91. The van der Waals surface area contributed by atoms with Crippen LogP contribution in [0.3, 0.4) is 0 Å². The van der Waals surface area contributed by atoms with Crippen molar-refractivity contribution in [3.63, 3.8) is 0 Å². The van der Waals surface area contributed by atoms with Gasteiger partial charge in [0.15, 0.2) is 0 Å². The van der Waals surface area contributed by atoms with E-state index in [1.54, 1.807) is 0 Å². The Kier molecular flexibility index (Phi) is 9.77. The van der Waals surface area contributed by atoms with Crippen LogP contribution in [-0.2, 0) is 25.6 Å². The van der Waals surface area contributed by atoms with Crippen LogP contribution in [0, 0.1) is 5.92 Å². The maximum atomic E-state index is 13.0. The summed E-state index contributed by atoms with van der Waals surface area (Å²) in [6, 6.07) is 11.6. The number of rotatable bonds is 11. The minimum absolute atomic E-state index is 0.171. The smallest absolute Gasteiger partial charge is 0.256 e. The van der Waals surface area contributed by atoms with Crippen LogP contribution < -0.4 is 27.4 Å². The first kappa shape index (κ1) is 25.8. The number of benzene rings is 2. The largest absolute Gasteiger partial charge is 0.344 e. The Labute approximate surface area is 192 Å². The third kappa shape index (κ3) is 7.55. The number of amides is 4. The maximum Gasteiger partial charge on any atom is 0.256 e. The van der Waals surface area contributed by atoms with Crippen molar-refractivity contribution in [1.82, 2.24) is 21.5 Å². The van der Waals surface area contributed by atoms with E-state index in [-0.39, 0.29) is 12.8 Å². The first-order chi connectivity index (χ1) is 15.8. The van der Waals surface area contributed by atoms with E-state index in [0.717, 1.165) is 16.3 Å². The summed E-state index contributed by atoms with van der Waals surface area (Å²) in [5.74, 6) is 2.09. The van der Waals surface area contributed by atoms with Gasteiger partial charge in [-0.25, -0.2) is 11.3 Å². The Balaban J connectivity index is 2.26. The van der Waals surface area contributed by atoms with E-state index >= 15 is 0 Å². The zero-order valence-electron chi connectivity index (χ0n) is 18.8. The van der Waals surface area contributed by atoms with Gasteiger partial charge in [-0.2, -0.15) is 0 Å². The summed E-state index contributed by atoms with van der Waals surface area (Å²) >= 11 is 0. The summed E-state index contributed by atoms with van der Waals surface area (Å²) in [6.45, 7) is 3.34. The van der Waals surface area contributed by atoms with Gasteiger partial charge in [0.2, 0.25) is 17.7 Å². The number of carbonyl (C=O) groups is 4. The monoisotopic (exact) mass is 457 g/mol. The Morgan fingerprint density at radius 1 is 0.970 bits per heavy atom. The minimum atomic E-state index is -0.997. The molecule has 0 radical (unpaired) electrons. The molecule has 2 aromatic rings. The third-order valence-electron chi connectivity index (χ3n) is 5.35.